The fourth-order valence-electron chi connectivity index (χ4n) is 4.33. The first-order valence-electron chi connectivity index (χ1n) is 11.1. The number of carbonyl (C=O) groups excluding carboxylic acids is 1. The van der Waals surface area contributed by atoms with Gasteiger partial charge in [-0.25, -0.2) is 4.68 Å². The van der Waals surface area contributed by atoms with Gasteiger partial charge in [-0.1, -0.05) is 62.4 Å². The van der Waals surface area contributed by atoms with Crippen LogP contribution in [0.25, 0.3) is 10.8 Å². The molecule has 0 aliphatic carbocycles. The summed E-state index contributed by atoms with van der Waals surface area (Å²) in [5.74, 6) is 0.00809. The molecule has 1 aliphatic heterocycles. The van der Waals surface area contributed by atoms with Crippen LogP contribution in [0, 0.1) is 5.92 Å². The number of nitrogens with one attached hydrogen (secondary N) is 1. The summed E-state index contributed by atoms with van der Waals surface area (Å²) in [5, 5.41) is 8.70. The van der Waals surface area contributed by atoms with E-state index in [1.807, 2.05) is 44.2 Å². The van der Waals surface area contributed by atoms with Gasteiger partial charge >= 0.3 is 0 Å². The number of aromatic nitrogens is 2. The third-order valence-corrected chi connectivity index (χ3v) is 5.84. The minimum absolute atomic E-state index is 0.125. The number of nitrogens with zero attached hydrogens (tertiary/aromatic N) is 3. The van der Waals surface area contributed by atoms with E-state index in [0.717, 1.165) is 13.1 Å². The van der Waals surface area contributed by atoms with Gasteiger partial charge < -0.3 is 5.32 Å². The third kappa shape index (κ3) is 4.69. The number of hydrogen-bond acceptors (Lipinski definition) is 4. The Morgan fingerprint density at radius 1 is 1.00 bits per heavy atom. The number of fused-ring (bicyclic) bond motifs is 1. The van der Waals surface area contributed by atoms with Crippen molar-refractivity contribution in [2.75, 3.05) is 19.6 Å². The van der Waals surface area contributed by atoms with E-state index in [0.29, 0.717) is 29.6 Å². The SMILES string of the molecule is CC(C)Cn1nc(C(=O)NCC(c2ccccc2)N2CCCC2)c2ccccc2c1=O. The van der Waals surface area contributed by atoms with Gasteiger partial charge in [-0.05, 0) is 43.5 Å². The lowest BCUT2D eigenvalue weighted by molar-refractivity contribution is 0.0932. The molecular weight excluding hydrogens is 388 g/mol. The number of benzene rings is 2. The molecule has 6 heteroatoms. The molecule has 1 atom stereocenters. The Morgan fingerprint density at radius 2 is 1.65 bits per heavy atom. The number of amides is 1. The summed E-state index contributed by atoms with van der Waals surface area (Å²) in [6.45, 7) is 7.12. The van der Waals surface area contributed by atoms with Crippen molar-refractivity contribution in [1.29, 1.82) is 0 Å². The molecule has 6 nitrogen and oxygen atoms in total. The summed E-state index contributed by atoms with van der Waals surface area (Å²) < 4.78 is 1.43. The zero-order chi connectivity index (χ0) is 21.8. The van der Waals surface area contributed by atoms with E-state index in [1.165, 1.54) is 23.1 Å². The number of carbonyl (C=O) groups is 1. The van der Waals surface area contributed by atoms with Crippen LogP contribution in [0.15, 0.2) is 59.4 Å². The maximum Gasteiger partial charge on any atom is 0.274 e. The van der Waals surface area contributed by atoms with Crippen LogP contribution in [-0.4, -0.2) is 40.2 Å². The molecule has 1 amide bonds. The van der Waals surface area contributed by atoms with Gasteiger partial charge in [0.15, 0.2) is 5.69 Å². The highest BCUT2D eigenvalue weighted by molar-refractivity contribution is 6.04. The summed E-state index contributed by atoms with van der Waals surface area (Å²) in [4.78, 5) is 28.5. The van der Waals surface area contributed by atoms with Crippen LogP contribution in [0.2, 0.25) is 0 Å². The Hall–Kier alpha value is -2.99. The van der Waals surface area contributed by atoms with Crippen molar-refractivity contribution in [1.82, 2.24) is 20.0 Å². The average Bonchev–Trinajstić information content (AvgIpc) is 3.31. The van der Waals surface area contributed by atoms with Gasteiger partial charge in [-0.15, -0.1) is 0 Å². The van der Waals surface area contributed by atoms with E-state index in [1.54, 1.807) is 12.1 Å². The lowest BCUT2D eigenvalue weighted by Gasteiger charge is -2.28. The van der Waals surface area contributed by atoms with Crippen LogP contribution in [-0.2, 0) is 6.54 Å². The summed E-state index contributed by atoms with van der Waals surface area (Å²) >= 11 is 0. The van der Waals surface area contributed by atoms with Gasteiger partial charge in [0.1, 0.15) is 0 Å². The number of rotatable bonds is 7. The van der Waals surface area contributed by atoms with Crippen LogP contribution in [0.4, 0.5) is 0 Å². The normalized spacial score (nSPS) is 15.5. The first kappa shape index (κ1) is 21.2. The molecule has 1 aliphatic rings. The molecule has 0 saturated carbocycles. The maximum absolute atomic E-state index is 13.3. The molecule has 2 heterocycles. The van der Waals surface area contributed by atoms with Gasteiger partial charge in [0.25, 0.3) is 11.5 Å². The van der Waals surface area contributed by atoms with Crippen LogP contribution in [0.1, 0.15) is 48.8 Å². The van der Waals surface area contributed by atoms with E-state index in [9.17, 15) is 9.59 Å². The van der Waals surface area contributed by atoms with Crippen LogP contribution >= 0.6 is 0 Å². The number of hydrogen-bond donors (Lipinski definition) is 1. The van der Waals surface area contributed by atoms with E-state index >= 15 is 0 Å². The average molecular weight is 419 g/mol. The largest absolute Gasteiger partial charge is 0.349 e. The van der Waals surface area contributed by atoms with E-state index < -0.39 is 0 Å². The van der Waals surface area contributed by atoms with Gasteiger partial charge in [-0.3, -0.25) is 14.5 Å². The van der Waals surface area contributed by atoms with Gasteiger partial charge in [0, 0.05) is 18.5 Å². The Morgan fingerprint density at radius 3 is 2.32 bits per heavy atom. The molecule has 1 unspecified atom stereocenters. The Bertz CT molecular complexity index is 1100. The summed E-state index contributed by atoms with van der Waals surface area (Å²) in [6, 6.07) is 17.7. The summed E-state index contributed by atoms with van der Waals surface area (Å²) in [6.07, 6.45) is 2.37. The van der Waals surface area contributed by atoms with Crippen LogP contribution in [0.3, 0.4) is 0 Å². The zero-order valence-corrected chi connectivity index (χ0v) is 18.3. The predicted octanol–water partition coefficient (Wildman–Crippen LogP) is 3.62. The van der Waals surface area contributed by atoms with Crippen molar-refractivity contribution >= 4 is 16.7 Å². The van der Waals surface area contributed by atoms with Crippen molar-refractivity contribution < 1.29 is 4.79 Å². The molecule has 0 radical (unpaired) electrons. The molecule has 0 spiro atoms. The molecule has 4 rings (SSSR count). The zero-order valence-electron chi connectivity index (χ0n) is 18.3. The Balaban J connectivity index is 1.63. The fourth-order valence-corrected chi connectivity index (χ4v) is 4.33. The van der Waals surface area contributed by atoms with Crippen LogP contribution in [0.5, 0.6) is 0 Å². The number of likely N-dealkylation sites (tertiary alicyclic amines) is 1. The second-order valence-corrected chi connectivity index (χ2v) is 8.65. The Kier molecular flexibility index (Phi) is 6.47. The molecule has 1 aromatic heterocycles. The molecule has 162 valence electrons. The van der Waals surface area contributed by atoms with Crippen molar-refractivity contribution in [3.8, 4) is 0 Å². The molecule has 3 aromatic rings. The predicted molar refractivity (Wildman–Crippen MR) is 123 cm³/mol. The molecule has 31 heavy (non-hydrogen) atoms. The minimum atomic E-state index is -0.242. The highest BCUT2D eigenvalue weighted by atomic mass is 16.2. The highest BCUT2D eigenvalue weighted by Gasteiger charge is 2.25. The summed E-state index contributed by atoms with van der Waals surface area (Å²) in [7, 11) is 0. The van der Waals surface area contributed by atoms with E-state index in [4.69, 9.17) is 0 Å². The van der Waals surface area contributed by atoms with Crippen molar-refractivity contribution in [2.45, 2.75) is 39.3 Å². The molecule has 1 saturated heterocycles. The quantitative estimate of drug-likeness (QED) is 0.636. The lowest BCUT2D eigenvalue weighted by Crippen LogP contribution is -2.38. The van der Waals surface area contributed by atoms with E-state index in [-0.39, 0.29) is 23.4 Å². The summed E-state index contributed by atoms with van der Waals surface area (Å²) in [5.41, 5.74) is 1.36. The van der Waals surface area contributed by atoms with Crippen molar-refractivity contribution in [2.24, 2.45) is 5.92 Å². The minimum Gasteiger partial charge on any atom is -0.349 e. The lowest BCUT2D eigenvalue weighted by atomic mass is 10.1. The fraction of sp³-hybridized carbons (Fsp3) is 0.400. The first-order valence-corrected chi connectivity index (χ1v) is 11.1. The highest BCUT2D eigenvalue weighted by Crippen LogP contribution is 2.24. The standard InChI is InChI=1S/C25H30N4O2/c1-18(2)17-29-25(31)21-13-7-6-12-20(21)23(27-29)24(30)26-16-22(28-14-8-9-15-28)19-10-4-3-5-11-19/h3-7,10-13,18,22H,8-9,14-17H2,1-2H3,(H,26,30). The molecular formula is C25H30N4O2. The smallest absolute Gasteiger partial charge is 0.274 e. The van der Waals surface area contributed by atoms with Gasteiger partial charge in [0.05, 0.1) is 11.4 Å². The second kappa shape index (κ2) is 9.43. The monoisotopic (exact) mass is 418 g/mol. The second-order valence-electron chi connectivity index (χ2n) is 8.65. The Labute approximate surface area is 182 Å². The topological polar surface area (TPSA) is 67.2 Å². The van der Waals surface area contributed by atoms with Crippen molar-refractivity contribution in [3.05, 3.63) is 76.2 Å². The first-order chi connectivity index (χ1) is 15.0. The molecule has 0 bridgehead atoms. The third-order valence-electron chi connectivity index (χ3n) is 5.84. The van der Waals surface area contributed by atoms with Gasteiger partial charge in [0.2, 0.25) is 0 Å². The maximum atomic E-state index is 13.3. The molecule has 1 fully saturated rings. The van der Waals surface area contributed by atoms with Crippen molar-refractivity contribution in [3.63, 3.8) is 0 Å². The van der Waals surface area contributed by atoms with Crippen LogP contribution < -0.4 is 10.9 Å². The van der Waals surface area contributed by atoms with Gasteiger partial charge in [-0.2, -0.15) is 5.10 Å². The molecule has 2 aromatic carbocycles. The van der Waals surface area contributed by atoms with E-state index in [2.05, 4.69) is 27.4 Å². The molecule has 1 N–H and O–H groups in total.